The number of hydrogen-bond donors (Lipinski definition) is 0. The van der Waals surface area contributed by atoms with E-state index in [0.717, 1.165) is 5.56 Å². The van der Waals surface area contributed by atoms with Crippen LogP contribution >= 0.6 is 0 Å². The predicted octanol–water partition coefficient (Wildman–Crippen LogP) is 1.80. The van der Waals surface area contributed by atoms with Crippen molar-refractivity contribution in [3.63, 3.8) is 0 Å². The molecule has 0 amide bonds. The van der Waals surface area contributed by atoms with Crippen LogP contribution in [0.5, 0.6) is 0 Å². The molecule has 0 radical (unpaired) electrons. The molecule has 1 aliphatic rings. The summed E-state index contributed by atoms with van der Waals surface area (Å²) in [7, 11) is 1.34. The Hall–Kier alpha value is -2.10. The van der Waals surface area contributed by atoms with Gasteiger partial charge in [-0.15, -0.1) is 0 Å². The summed E-state index contributed by atoms with van der Waals surface area (Å²) in [6.45, 7) is 0.432. The van der Waals surface area contributed by atoms with Gasteiger partial charge in [-0.1, -0.05) is 12.1 Å². The van der Waals surface area contributed by atoms with Crippen molar-refractivity contribution in [1.82, 2.24) is 0 Å². The summed E-state index contributed by atoms with van der Waals surface area (Å²) in [6, 6.07) is 6.93. The largest absolute Gasteiger partial charge is 0.465 e. The molecule has 1 heterocycles. The molecular formula is C13H12O4. The van der Waals surface area contributed by atoms with Crippen LogP contribution in [0.25, 0.3) is 6.08 Å². The lowest BCUT2D eigenvalue weighted by molar-refractivity contribution is -0.134. The zero-order valence-corrected chi connectivity index (χ0v) is 9.43. The molecule has 17 heavy (non-hydrogen) atoms. The molecule has 1 aromatic carbocycles. The lowest BCUT2D eigenvalue weighted by Crippen LogP contribution is -2.01. The molecule has 4 heteroatoms. The van der Waals surface area contributed by atoms with Crippen LogP contribution in [-0.4, -0.2) is 25.7 Å². The molecule has 1 aliphatic heterocycles. The van der Waals surface area contributed by atoms with E-state index in [2.05, 4.69) is 4.74 Å². The van der Waals surface area contributed by atoms with Crippen LogP contribution in [0.4, 0.5) is 0 Å². The number of carbonyl (C=O) groups is 2. The molecule has 0 atom stereocenters. The molecule has 0 unspecified atom stereocenters. The van der Waals surface area contributed by atoms with Crippen molar-refractivity contribution < 1.29 is 19.1 Å². The molecule has 0 aliphatic carbocycles. The van der Waals surface area contributed by atoms with Gasteiger partial charge in [-0.25, -0.2) is 9.59 Å². The van der Waals surface area contributed by atoms with Crippen molar-refractivity contribution in [1.29, 1.82) is 0 Å². The molecule has 2 rings (SSSR count). The summed E-state index contributed by atoms with van der Waals surface area (Å²) >= 11 is 0. The van der Waals surface area contributed by atoms with Gasteiger partial charge in [0.25, 0.3) is 0 Å². The molecule has 0 spiro atoms. The van der Waals surface area contributed by atoms with Crippen LogP contribution in [0.3, 0.4) is 0 Å². The van der Waals surface area contributed by atoms with Gasteiger partial charge in [0.05, 0.1) is 19.3 Å². The maximum atomic E-state index is 11.3. The molecule has 1 fully saturated rings. The summed E-state index contributed by atoms with van der Waals surface area (Å²) < 4.78 is 9.47. The van der Waals surface area contributed by atoms with Gasteiger partial charge in [0.1, 0.15) is 0 Å². The Morgan fingerprint density at radius 2 is 2.29 bits per heavy atom. The highest BCUT2D eigenvalue weighted by molar-refractivity contribution is 5.96. The third-order valence-electron chi connectivity index (χ3n) is 2.52. The normalized spacial score (nSPS) is 17.0. The smallest absolute Gasteiger partial charge is 0.337 e. The van der Waals surface area contributed by atoms with Gasteiger partial charge < -0.3 is 9.47 Å². The number of rotatable bonds is 2. The topological polar surface area (TPSA) is 52.6 Å². The van der Waals surface area contributed by atoms with Crippen molar-refractivity contribution in [3.05, 3.63) is 41.0 Å². The SMILES string of the molecule is COC(=O)c1cccc(/C=C2\CCOC2=O)c1. The Bertz CT molecular complexity index is 488. The minimum atomic E-state index is -0.390. The van der Waals surface area contributed by atoms with Crippen molar-refractivity contribution in [2.24, 2.45) is 0 Å². The average molecular weight is 232 g/mol. The number of cyclic esters (lactones) is 1. The molecule has 88 valence electrons. The second-order valence-corrected chi connectivity index (χ2v) is 3.67. The Balaban J connectivity index is 2.28. The monoisotopic (exact) mass is 232 g/mol. The van der Waals surface area contributed by atoms with E-state index in [0.29, 0.717) is 24.2 Å². The van der Waals surface area contributed by atoms with Gasteiger partial charge in [0, 0.05) is 12.0 Å². The quantitative estimate of drug-likeness (QED) is 0.576. The van der Waals surface area contributed by atoms with E-state index in [1.807, 2.05) is 6.07 Å². The Kier molecular flexibility index (Phi) is 3.23. The van der Waals surface area contributed by atoms with Crippen LogP contribution in [0.15, 0.2) is 29.8 Å². The summed E-state index contributed by atoms with van der Waals surface area (Å²) in [5, 5.41) is 0. The first kappa shape index (κ1) is 11.4. The van der Waals surface area contributed by atoms with E-state index < -0.39 is 0 Å². The van der Waals surface area contributed by atoms with E-state index in [4.69, 9.17) is 4.74 Å². The highest BCUT2D eigenvalue weighted by atomic mass is 16.5. The minimum Gasteiger partial charge on any atom is -0.465 e. The standard InChI is InChI=1S/C13H12O4/c1-16-12(14)10-4-2-3-9(7-10)8-11-5-6-17-13(11)15/h2-4,7-8H,5-6H2,1H3/b11-8+. The van der Waals surface area contributed by atoms with Gasteiger partial charge >= 0.3 is 11.9 Å². The average Bonchev–Trinajstić information content (AvgIpc) is 2.74. The van der Waals surface area contributed by atoms with Gasteiger partial charge in [0.15, 0.2) is 0 Å². The van der Waals surface area contributed by atoms with Gasteiger partial charge in [-0.05, 0) is 23.8 Å². The first-order chi connectivity index (χ1) is 8.20. The first-order valence-electron chi connectivity index (χ1n) is 5.27. The summed E-state index contributed by atoms with van der Waals surface area (Å²) in [4.78, 5) is 22.6. The molecule has 0 saturated carbocycles. The number of ether oxygens (including phenoxy) is 2. The molecule has 0 N–H and O–H groups in total. The Labute approximate surface area is 98.8 Å². The maximum Gasteiger partial charge on any atom is 0.337 e. The number of methoxy groups -OCH3 is 1. The number of esters is 2. The molecule has 0 aromatic heterocycles. The van der Waals surface area contributed by atoms with E-state index in [1.54, 1.807) is 24.3 Å². The van der Waals surface area contributed by atoms with Crippen LogP contribution in [0.2, 0.25) is 0 Å². The summed E-state index contributed by atoms with van der Waals surface area (Å²) in [6.07, 6.45) is 2.35. The summed E-state index contributed by atoms with van der Waals surface area (Å²) in [5.41, 5.74) is 1.89. The second kappa shape index (κ2) is 4.82. The molecule has 1 aromatic rings. The van der Waals surface area contributed by atoms with Gasteiger partial charge in [-0.2, -0.15) is 0 Å². The van der Waals surface area contributed by atoms with E-state index in [1.165, 1.54) is 7.11 Å². The van der Waals surface area contributed by atoms with E-state index in [9.17, 15) is 9.59 Å². The maximum absolute atomic E-state index is 11.3. The van der Waals surface area contributed by atoms with Crippen LogP contribution in [0.1, 0.15) is 22.3 Å². The molecule has 4 nitrogen and oxygen atoms in total. The Morgan fingerprint density at radius 1 is 1.47 bits per heavy atom. The van der Waals surface area contributed by atoms with Crippen LogP contribution in [-0.2, 0) is 14.3 Å². The highest BCUT2D eigenvalue weighted by Crippen LogP contribution is 2.18. The number of hydrogen-bond acceptors (Lipinski definition) is 4. The van der Waals surface area contributed by atoms with Crippen molar-refractivity contribution in [3.8, 4) is 0 Å². The fourth-order valence-electron chi connectivity index (χ4n) is 1.65. The Morgan fingerprint density at radius 3 is 2.94 bits per heavy atom. The fourth-order valence-corrected chi connectivity index (χ4v) is 1.65. The lowest BCUT2D eigenvalue weighted by atomic mass is 10.1. The number of carbonyl (C=O) groups excluding carboxylic acids is 2. The van der Waals surface area contributed by atoms with Gasteiger partial charge in [-0.3, -0.25) is 0 Å². The summed E-state index contributed by atoms with van der Waals surface area (Å²) in [5.74, 6) is -0.673. The molecular weight excluding hydrogens is 220 g/mol. The van der Waals surface area contributed by atoms with Crippen molar-refractivity contribution in [2.75, 3.05) is 13.7 Å². The van der Waals surface area contributed by atoms with E-state index in [-0.39, 0.29) is 11.9 Å². The van der Waals surface area contributed by atoms with Crippen molar-refractivity contribution in [2.45, 2.75) is 6.42 Å². The van der Waals surface area contributed by atoms with Gasteiger partial charge in [0.2, 0.25) is 0 Å². The van der Waals surface area contributed by atoms with Crippen LogP contribution in [0, 0.1) is 0 Å². The van der Waals surface area contributed by atoms with E-state index >= 15 is 0 Å². The van der Waals surface area contributed by atoms with Crippen molar-refractivity contribution >= 4 is 18.0 Å². The zero-order chi connectivity index (χ0) is 12.3. The molecule has 1 saturated heterocycles. The second-order valence-electron chi connectivity index (χ2n) is 3.67. The lowest BCUT2D eigenvalue weighted by Gasteiger charge is -2.00. The first-order valence-corrected chi connectivity index (χ1v) is 5.27. The van der Waals surface area contributed by atoms with Crippen LogP contribution < -0.4 is 0 Å². The molecule has 0 bridgehead atoms. The third kappa shape index (κ3) is 2.53. The predicted molar refractivity (Wildman–Crippen MR) is 61.3 cm³/mol. The number of benzene rings is 1. The fraction of sp³-hybridized carbons (Fsp3) is 0.231. The zero-order valence-electron chi connectivity index (χ0n) is 9.43. The third-order valence-corrected chi connectivity index (χ3v) is 2.52. The highest BCUT2D eigenvalue weighted by Gasteiger charge is 2.18. The minimum absolute atomic E-state index is 0.284.